The summed E-state index contributed by atoms with van der Waals surface area (Å²) in [5.41, 5.74) is 1.75. The van der Waals surface area contributed by atoms with Gasteiger partial charge in [0.25, 0.3) is 0 Å². The Morgan fingerprint density at radius 1 is 0.577 bits per heavy atom. The van der Waals surface area contributed by atoms with Crippen LogP contribution in [0.25, 0.3) is 0 Å². The molecule has 1 aliphatic rings. The van der Waals surface area contributed by atoms with E-state index in [1.165, 1.54) is 0 Å². The summed E-state index contributed by atoms with van der Waals surface area (Å²) < 4.78 is 0. The Kier molecular flexibility index (Phi) is 10.2. The lowest BCUT2D eigenvalue weighted by Crippen LogP contribution is -1.99. The minimum Gasteiger partial charge on any atom is -0.383 e. The van der Waals surface area contributed by atoms with Crippen LogP contribution in [0.5, 0.6) is 0 Å². The Hall–Kier alpha value is -2.81. The van der Waals surface area contributed by atoms with Crippen LogP contribution in [-0.4, -0.2) is 43.8 Å². The van der Waals surface area contributed by atoms with E-state index in [0.29, 0.717) is 0 Å². The van der Waals surface area contributed by atoms with Crippen LogP contribution in [0.3, 0.4) is 0 Å². The van der Waals surface area contributed by atoms with E-state index in [-0.39, 0.29) is 5.78 Å². The van der Waals surface area contributed by atoms with E-state index in [9.17, 15) is 4.79 Å². The zero-order valence-corrected chi connectivity index (χ0v) is 16.3. The van der Waals surface area contributed by atoms with Crippen molar-refractivity contribution in [2.24, 2.45) is 0 Å². The average Bonchev–Trinajstić information content (AvgIpc) is 2.93. The van der Waals surface area contributed by atoms with Gasteiger partial charge in [0.15, 0.2) is 5.78 Å². The fraction of sp³-hybridized carbons (Fsp3) is 0.261. The van der Waals surface area contributed by atoms with Gasteiger partial charge in [-0.2, -0.15) is 0 Å². The van der Waals surface area contributed by atoms with Gasteiger partial charge in [-0.05, 0) is 37.4 Å². The monoisotopic (exact) mass is 350 g/mol. The Labute approximate surface area is 158 Å². The lowest BCUT2D eigenvalue weighted by atomic mass is 10.1. The molecule has 1 rings (SSSR count). The molecule has 0 atom stereocenters. The van der Waals surface area contributed by atoms with Crippen LogP contribution in [0.4, 0.5) is 0 Å². The van der Waals surface area contributed by atoms with Crippen molar-refractivity contribution in [3.05, 3.63) is 96.5 Å². The predicted octanol–water partition coefficient (Wildman–Crippen LogP) is 4.58. The molecule has 0 unspecified atom stereocenters. The third-order valence-corrected chi connectivity index (χ3v) is 3.50. The molecule has 0 aliphatic heterocycles. The third kappa shape index (κ3) is 9.48. The number of Topliss-reactive ketones (excluding diaryl/α,β-unsaturated/α-hetero) is 1. The van der Waals surface area contributed by atoms with E-state index >= 15 is 0 Å². The zero-order chi connectivity index (χ0) is 19.2. The van der Waals surface area contributed by atoms with Gasteiger partial charge < -0.3 is 9.80 Å². The molecule has 0 saturated heterocycles. The van der Waals surface area contributed by atoms with Gasteiger partial charge in [-0.1, -0.05) is 60.8 Å². The van der Waals surface area contributed by atoms with Gasteiger partial charge in [0.05, 0.1) is 0 Å². The largest absolute Gasteiger partial charge is 0.383 e. The van der Waals surface area contributed by atoms with Gasteiger partial charge in [-0.15, -0.1) is 0 Å². The van der Waals surface area contributed by atoms with Crippen molar-refractivity contribution in [3.8, 4) is 0 Å². The molecule has 0 amide bonds. The molecule has 1 saturated carbocycles. The van der Waals surface area contributed by atoms with Crippen molar-refractivity contribution in [2.45, 2.75) is 12.8 Å². The molecule has 0 bridgehead atoms. The smallest absolute Gasteiger partial charge is 0.185 e. The third-order valence-electron chi connectivity index (χ3n) is 3.50. The van der Waals surface area contributed by atoms with E-state index in [0.717, 1.165) is 24.0 Å². The molecular formula is C23H30N2O. The van der Waals surface area contributed by atoms with E-state index in [2.05, 4.69) is 0 Å². The van der Waals surface area contributed by atoms with Gasteiger partial charge in [-0.25, -0.2) is 0 Å². The highest BCUT2D eigenvalue weighted by Gasteiger charge is 2.21. The fourth-order valence-electron chi connectivity index (χ4n) is 2.19. The summed E-state index contributed by atoms with van der Waals surface area (Å²) in [7, 11) is 7.93. The van der Waals surface area contributed by atoms with Crippen LogP contribution in [0.1, 0.15) is 12.8 Å². The van der Waals surface area contributed by atoms with Crippen LogP contribution in [-0.2, 0) is 4.79 Å². The number of carbonyl (C=O) groups is 1. The first-order chi connectivity index (χ1) is 12.5. The van der Waals surface area contributed by atoms with E-state index in [4.69, 9.17) is 0 Å². The highest BCUT2D eigenvalue weighted by molar-refractivity contribution is 6.11. The Balaban J connectivity index is 2.51. The SMILES string of the molecule is CN(C)C=CC=CC=CC=C1CCC(=CC=CC=CC=CN(C)C)C1=O. The van der Waals surface area contributed by atoms with Crippen molar-refractivity contribution < 1.29 is 4.79 Å². The second-order valence-corrected chi connectivity index (χ2v) is 6.36. The number of hydrogen-bond acceptors (Lipinski definition) is 3. The number of ketones is 1. The van der Waals surface area contributed by atoms with E-state index in [1.54, 1.807) is 0 Å². The molecule has 1 aliphatic carbocycles. The number of hydrogen-bond donors (Lipinski definition) is 0. The van der Waals surface area contributed by atoms with E-state index < -0.39 is 0 Å². The minimum absolute atomic E-state index is 0.160. The number of allylic oxidation sites excluding steroid dienone is 14. The Morgan fingerprint density at radius 3 is 1.31 bits per heavy atom. The maximum atomic E-state index is 12.3. The quantitative estimate of drug-likeness (QED) is 0.473. The molecule has 3 nitrogen and oxygen atoms in total. The van der Waals surface area contributed by atoms with Crippen molar-refractivity contribution in [3.63, 3.8) is 0 Å². The summed E-state index contributed by atoms with van der Waals surface area (Å²) >= 11 is 0. The number of nitrogens with zero attached hydrogens (tertiary/aromatic N) is 2. The molecule has 1 fully saturated rings. The van der Waals surface area contributed by atoms with Crippen molar-refractivity contribution >= 4 is 5.78 Å². The lowest BCUT2D eigenvalue weighted by Gasteiger charge is -2.00. The molecule has 3 heteroatoms. The molecular weight excluding hydrogens is 320 g/mol. The van der Waals surface area contributed by atoms with Crippen LogP contribution >= 0.6 is 0 Å². The Bertz CT molecular complexity index is 623. The average molecular weight is 351 g/mol. The van der Waals surface area contributed by atoms with Gasteiger partial charge in [-0.3, -0.25) is 4.79 Å². The molecule has 0 aromatic heterocycles. The summed E-state index contributed by atoms with van der Waals surface area (Å²) in [5, 5.41) is 0. The first kappa shape index (κ1) is 21.2. The molecule has 0 radical (unpaired) electrons. The summed E-state index contributed by atoms with van der Waals surface area (Å²) in [6.07, 6.45) is 28.9. The number of carbonyl (C=O) groups excluding carboxylic acids is 1. The first-order valence-corrected chi connectivity index (χ1v) is 8.79. The molecule has 0 aromatic carbocycles. The van der Waals surface area contributed by atoms with Gasteiger partial charge in [0, 0.05) is 39.3 Å². The topological polar surface area (TPSA) is 23.6 Å². The maximum absolute atomic E-state index is 12.3. The minimum atomic E-state index is 0.160. The summed E-state index contributed by atoms with van der Waals surface area (Å²) in [5.74, 6) is 0.160. The van der Waals surface area contributed by atoms with Gasteiger partial charge in [0.2, 0.25) is 0 Å². The lowest BCUT2D eigenvalue weighted by molar-refractivity contribution is -0.111. The maximum Gasteiger partial charge on any atom is 0.185 e. The number of rotatable bonds is 8. The predicted molar refractivity (Wildman–Crippen MR) is 113 cm³/mol. The Morgan fingerprint density at radius 2 is 0.923 bits per heavy atom. The van der Waals surface area contributed by atoms with Crippen LogP contribution in [0, 0.1) is 0 Å². The second-order valence-electron chi connectivity index (χ2n) is 6.36. The molecule has 0 spiro atoms. The normalized spacial score (nSPS) is 19.3. The van der Waals surface area contributed by atoms with Gasteiger partial charge in [0.1, 0.15) is 0 Å². The second kappa shape index (κ2) is 12.5. The van der Waals surface area contributed by atoms with E-state index in [1.807, 2.05) is 123 Å². The fourth-order valence-corrected chi connectivity index (χ4v) is 2.19. The molecule has 138 valence electrons. The summed E-state index contributed by atoms with van der Waals surface area (Å²) in [6, 6.07) is 0. The standard InChI is InChI=1S/C23H30N2O/c1-24(2)19-13-9-5-7-11-15-21-17-18-22(23(21)26)16-12-8-6-10-14-20-25(3)4/h5-16,19-20H,17-18H2,1-4H3. The van der Waals surface area contributed by atoms with Crippen molar-refractivity contribution in [2.75, 3.05) is 28.2 Å². The summed E-state index contributed by atoms with van der Waals surface area (Å²) in [4.78, 5) is 16.3. The van der Waals surface area contributed by atoms with Gasteiger partial charge >= 0.3 is 0 Å². The molecule has 0 N–H and O–H groups in total. The zero-order valence-electron chi connectivity index (χ0n) is 16.3. The first-order valence-electron chi connectivity index (χ1n) is 8.79. The van der Waals surface area contributed by atoms with Crippen molar-refractivity contribution in [1.82, 2.24) is 9.80 Å². The van der Waals surface area contributed by atoms with Crippen LogP contribution < -0.4 is 0 Å². The highest BCUT2D eigenvalue weighted by atomic mass is 16.1. The van der Waals surface area contributed by atoms with Crippen molar-refractivity contribution in [1.29, 1.82) is 0 Å². The molecule has 0 aromatic rings. The molecule has 26 heavy (non-hydrogen) atoms. The van der Waals surface area contributed by atoms with Crippen LogP contribution in [0.15, 0.2) is 96.5 Å². The summed E-state index contributed by atoms with van der Waals surface area (Å²) in [6.45, 7) is 0. The van der Waals surface area contributed by atoms with Crippen LogP contribution in [0.2, 0.25) is 0 Å². The molecule has 0 heterocycles. The highest BCUT2D eigenvalue weighted by Crippen LogP contribution is 2.26.